The van der Waals surface area contributed by atoms with Gasteiger partial charge >= 0.3 is 0 Å². The Balaban J connectivity index is 1.87. The molecule has 4 aromatic carbocycles. The van der Waals surface area contributed by atoms with Crippen LogP contribution in [0, 0.1) is 0 Å². The molecule has 0 aliphatic heterocycles. The number of hydrogen-bond donors (Lipinski definition) is 0. The highest BCUT2D eigenvalue weighted by molar-refractivity contribution is 7.22. The van der Waals surface area contributed by atoms with Crippen molar-refractivity contribution in [3.05, 3.63) is 77.8 Å². The fourth-order valence-electron chi connectivity index (χ4n) is 3.19. The molecular formula is C21H12ClNS. The van der Waals surface area contributed by atoms with Crippen LogP contribution in [0.2, 0.25) is 5.02 Å². The molecule has 0 saturated heterocycles. The molecular weight excluding hydrogens is 334 g/mol. The van der Waals surface area contributed by atoms with Crippen molar-refractivity contribution in [3.8, 4) is 10.6 Å². The highest BCUT2D eigenvalue weighted by Crippen LogP contribution is 2.38. The van der Waals surface area contributed by atoms with E-state index in [1.807, 2.05) is 24.3 Å². The van der Waals surface area contributed by atoms with Gasteiger partial charge in [0, 0.05) is 16.0 Å². The van der Waals surface area contributed by atoms with Gasteiger partial charge in [-0.2, -0.15) is 0 Å². The van der Waals surface area contributed by atoms with Crippen LogP contribution in [0.5, 0.6) is 0 Å². The molecule has 0 fully saturated rings. The summed E-state index contributed by atoms with van der Waals surface area (Å²) in [7, 11) is 0. The molecule has 0 radical (unpaired) electrons. The molecule has 24 heavy (non-hydrogen) atoms. The minimum absolute atomic E-state index is 0.747. The van der Waals surface area contributed by atoms with Gasteiger partial charge in [-0.15, -0.1) is 11.3 Å². The zero-order valence-corrected chi connectivity index (χ0v) is 14.2. The van der Waals surface area contributed by atoms with E-state index in [2.05, 4.69) is 48.5 Å². The van der Waals surface area contributed by atoms with Crippen molar-refractivity contribution >= 4 is 54.7 Å². The van der Waals surface area contributed by atoms with E-state index < -0.39 is 0 Å². The first-order valence-corrected chi connectivity index (χ1v) is 8.96. The number of fused-ring (bicyclic) bond motifs is 5. The first-order chi connectivity index (χ1) is 11.8. The molecule has 0 aliphatic rings. The third-order valence-electron chi connectivity index (χ3n) is 4.35. The van der Waals surface area contributed by atoms with Crippen molar-refractivity contribution in [3.63, 3.8) is 0 Å². The summed E-state index contributed by atoms with van der Waals surface area (Å²) in [6.07, 6.45) is 0. The van der Waals surface area contributed by atoms with Crippen molar-refractivity contribution in [2.75, 3.05) is 0 Å². The Morgan fingerprint density at radius 1 is 0.750 bits per heavy atom. The second-order valence-corrected chi connectivity index (χ2v) is 7.26. The van der Waals surface area contributed by atoms with E-state index in [0.717, 1.165) is 21.1 Å². The largest absolute Gasteiger partial charge is 0.236 e. The van der Waals surface area contributed by atoms with E-state index in [0.29, 0.717) is 0 Å². The van der Waals surface area contributed by atoms with Crippen molar-refractivity contribution in [1.29, 1.82) is 0 Å². The van der Waals surface area contributed by atoms with Crippen LogP contribution in [0.25, 0.3) is 42.3 Å². The zero-order valence-electron chi connectivity index (χ0n) is 12.7. The number of thiazole rings is 1. The molecule has 0 bridgehead atoms. The lowest BCUT2D eigenvalue weighted by atomic mass is 10.0. The Morgan fingerprint density at radius 2 is 1.50 bits per heavy atom. The summed E-state index contributed by atoms with van der Waals surface area (Å²) < 4.78 is 1.24. The maximum atomic E-state index is 6.00. The van der Waals surface area contributed by atoms with Crippen molar-refractivity contribution < 1.29 is 0 Å². The summed E-state index contributed by atoms with van der Waals surface area (Å²) in [5, 5.41) is 6.88. The molecule has 0 N–H and O–H groups in total. The van der Waals surface area contributed by atoms with Crippen LogP contribution in [-0.4, -0.2) is 4.98 Å². The predicted molar refractivity (Wildman–Crippen MR) is 105 cm³/mol. The van der Waals surface area contributed by atoms with Crippen LogP contribution in [0.3, 0.4) is 0 Å². The lowest BCUT2D eigenvalue weighted by molar-refractivity contribution is 1.48. The van der Waals surface area contributed by atoms with Crippen LogP contribution >= 0.6 is 22.9 Å². The molecule has 5 rings (SSSR count). The molecule has 1 aromatic heterocycles. The van der Waals surface area contributed by atoms with Crippen LogP contribution in [0.4, 0.5) is 0 Å². The van der Waals surface area contributed by atoms with Crippen molar-refractivity contribution in [1.82, 2.24) is 4.98 Å². The molecule has 114 valence electrons. The van der Waals surface area contributed by atoms with E-state index in [9.17, 15) is 0 Å². The number of rotatable bonds is 1. The molecule has 3 heteroatoms. The average Bonchev–Trinajstić information content (AvgIpc) is 3.06. The number of nitrogens with zero attached hydrogens (tertiary/aromatic N) is 1. The third-order valence-corrected chi connectivity index (χ3v) is 5.74. The lowest BCUT2D eigenvalue weighted by Gasteiger charge is -2.04. The zero-order chi connectivity index (χ0) is 16.1. The molecule has 0 spiro atoms. The van der Waals surface area contributed by atoms with Gasteiger partial charge in [-0.25, -0.2) is 4.98 Å². The molecule has 0 aliphatic carbocycles. The maximum Gasteiger partial charge on any atom is 0.124 e. The fraction of sp³-hybridized carbons (Fsp3) is 0. The highest BCUT2D eigenvalue weighted by Gasteiger charge is 2.11. The normalized spacial score (nSPS) is 11.5. The summed E-state index contributed by atoms with van der Waals surface area (Å²) in [5.41, 5.74) is 2.16. The van der Waals surface area contributed by atoms with Crippen molar-refractivity contribution in [2.24, 2.45) is 0 Å². The topological polar surface area (TPSA) is 12.9 Å². The van der Waals surface area contributed by atoms with Gasteiger partial charge < -0.3 is 0 Å². The van der Waals surface area contributed by atoms with E-state index in [1.165, 1.54) is 26.2 Å². The van der Waals surface area contributed by atoms with Gasteiger partial charge in [-0.3, -0.25) is 0 Å². The van der Waals surface area contributed by atoms with E-state index in [1.54, 1.807) is 11.3 Å². The molecule has 1 heterocycles. The molecule has 0 saturated carbocycles. The summed E-state index contributed by atoms with van der Waals surface area (Å²) >= 11 is 7.75. The first kappa shape index (κ1) is 14.0. The SMILES string of the molecule is Clc1ccc(-c2nc3ccc4ccc5ccccc5c4c3s2)cc1. The second-order valence-electron chi connectivity index (χ2n) is 5.82. The maximum absolute atomic E-state index is 6.00. The van der Waals surface area contributed by atoms with Gasteiger partial charge in [0.15, 0.2) is 0 Å². The van der Waals surface area contributed by atoms with Gasteiger partial charge in [0.25, 0.3) is 0 Å². The quantitative estimate of drug-likeness (QED) is 0.300. The summed E-state index contributed by atoms with van der Waals surface area (Å²) in [4.78, 5) is 4.85. The smallest absolute Gasteiger partial charge is 0.124 e. The van der Waals surface area contributed by atoms with E-state index in [-0.39, 0.29) is 0 Å². The monoisotopic (exact) mass is 345 g/mol. The van der Waals surface area contributed by atoms with Crippen LogP contribution in [-0.2, 0) is 0 Å². The average molecular weight is 346 g/mol. The Bertz CT molecular complexity index is 1210. The Morgan fingerprint density at radius 3 is 2.38 bits per heavy atom. The van der Waals surface area contributed by atoms with Crippen molar-refractivity contribution in [2.45, 2.75) is 0 Å². The first-order valence-electron chi connectivity index (χ1n) is 7.76. The van der Waals surface area contributed by atoms with Gasteiger partial charge in [0.05, 0.1) is 10.2 Å². The molecule has 1 nitrogen and oxygen atoms in total. The van der Waals surface area contributed by atoms with Gasteiger partial charge in [0.1, 0.15) is 5.01 Å². The molecule has 0 atom stereocenters. The van der Waals surface area contributed by atoms with E-state index in [4.69, 9.17) is 16.6 Å². The van der Waals surface area contributed by atoms with Crippen LogP contribution in [0.1, 0.15) is 0 Å². The summed E-state index contributed by atoms with van der Waals surface area (Å²) in [6, 6.07) is 25.1. The highest BCUT2D eigenvalue weighted by atomic mass is 35.5. The predicted octanol–water partition coefficient (Wildman–Crippen LogP) is 6.92. The number of halogens is 1. The Labute approximate surface area is 148 Å². The van der Waals surface area contributed by atoms with E-state index >= 15 is 0 Å². The fourth-order valence-corrected chi connectivity index (χ4v) is 4.45. The lowest BCUT2D eigenvalue weighted by Crippen LogP contribution is -1.78. The third kappa shape index (κ3) is 2.11. The Kier molecular flexibility index (Phi) is 3.09. The van der Waals surface area contributed by atoms with Crippen LogP contribution < -0.4 is 0 Å². The number of hydrogen-bond acceptors (Lipinski definition) is 2. The minimum atomic E-state index is 0.747. The molecule has 0 amide bonds. The molecule has 5 aromatic rings. The van der Waals surface area contributed by atoms with Crippen LogP contribution in [0.15, 0.2) is 72.8 Å². The second kappa shape index (κ2) is 5.30. The number of aromatic nitrogens is 1. The van der Waals surface area contributed by atoms with Gasteiger partial charge in [-0.05, 0) is 34.4 Å². The molecule has 0 unspecified atom stereocenters. The van der Waals surface area contributed by atoms with Gasteiger partial charge in [-0.1, -0.05) is 66.2 Å². The summed E-state index contributed by atoms with van der Waals surface area (Å²) in [5.74, 6) is 0. The van der Waals surface area contributed by atoms with Gasteiger partial charge in [0.2, 0.25) is 0 Å². The summed E-state index contributed by atoms with van der Waals surface area (Å²) in [6.45, 7) is 0. The minimum Gasteiger partial charge on any atom is -0.236 e. The standard InChI is InChI=1S/C21H12ClNS/c22-16-10-7-15(8-11-16)21-23-18-12-9-14-6-5-13-3-1-2-4-17(13)19(14)20(18)24-21/h1-12H. The number of benzene rings is 4. The Hall–Kier alpha value is -2.42.